The van der Waals surface area contributed by atoms with Gasteiger partial charge in [0, 0.05) is 16.0 Å². The molecule has 3 heterocycles. The zero-order valence-electron chi connectivity index (χ0n) is 11.7. The number of aryl methyl sites for hydroxylation is 2. The Morgan fingerprint density at radius 3 is 2.90 bits per heavy atom. The van der Waals surface area contributed by atoms with Crippen LogP contribution in [-0.2, 0) is 0 Å². The highest BCUT2D eigenvalue weighted by Crippen LogP contribution is 2.32. The van der Waals surface area contributed by atoms with Crippen molar-refractivity contribution in [2.45, 2.75) is 13.8 Å². The topological polar surface area (TPSA) is 69.6 Å². The van der Waals surface area contributed by atoms with Crippen molar-refractivity contribution in [3.8, 4) is 5.82 Å². The van der Waals surface area contributed by atoms with Crippen molar-refractivity contribution in [1.82, 2.24) is 19.7 Å². The van der Waals surface area contributed by atoms with E-state index >= 15 is 0 Å². The molecule has 0 saturated carbocycles. The first-order valence-electron chi connectivity index (χ1n) is 6.59. The van der Waals surface area contributed by atoms with Crippen molar-refractivity contribution in [2.75, 3.05) is 5.73 Å². The van der Waals surface area contributed by atoms with Gasteiger partial charge in [-0.15, -0.1) is 11.3 Å². The van der Waals surface area contributed by atoms with Gasteiger partial charge < -0.3 is 5.73 Å². The van der Waals surface area contributed by atoms with Crippen LogP contribution < -0.4 is 5.73 Å². The lowest BCUT2D eigenvalue weighted by atomic mass is 10.2. The van der Waals surface area contributed by atoms with Crippen LogP contribution in [0.1, 0.15) is 10.4 Å². The molecule has 3 aromatic heterocycles. The van der Waals surface area contributed by atoms with Gasteiger partial charge in [-0.2, -0.15) is 5.10 Å². The van der Waals surface area contributed by atoms with Gasteiger partial charge in [-0.25, -0.2) is 14.6 Å². The summed E-state index contributed by atoms with van der Waals surface area (Å²) in [4.78, 5) is 11.1. The first kappa shape index (κ1) is 12.3. The minimum Gasteiger partial charge on any atom is -0.399 e. The van der Waals surface area contributed by atoms with Crippen molar-refractivity contribution < 1.29 is 0 Å². The first-order chi connectivity index (χ1) is 10.1. The quantitative estimate of drug-likeness (QED) is 0.547. The molecule has 0 spiro atoms. The fraction of sp³-hybridized carbons (Fsp3) is 0.133. The Balaban J connectivity index is 2.11. The van der Waals surface area contributed by atoms with Crippen LogP contribution in [0.25, 0.3) is 26.9 Å². The van der Waals surface area contributed by atoms with Gasteiger partial charge in [0.05, 0.1) is 17.1 Å². The molecular formula is C15H13N5S. The van der Waals surface area contributed by atoms with Crippen LogP contribution in [0.3, 0.4) is 0 Å². The van der Waals surface area contributed by atoms with E-state index in [1.807, 2.05) is 29.1 Å². The summed E-state index contributed by atoms with van der Waals surface area (Å²) in [6, 6.07) is 5.77. The summed E-state index contributed by atoms with van der Waals surface area (Å²) in [6.07, 6.45) is 3.42. The number of hydrogen-bond donors (Lipinski definition) is 1. The molecular weight excluding hydrogens is 282 g/mol. The van der Waals surface area contributed by atoms with Crippen molar-refractivity contribution in [1.29, 1.82) is 0 Å². The minimum absolute atomic E-state index is 0.716. The molecule has 0 saturated heterocycles. The molecule has 0 aliphatic carbocycles. The number of nitrogens with zero attached hydrogens (tertiary/aromatic N) is 4. The molecule has 0 bridgehead atoms. The summed E-state index contributed by atoms with van der Waals surface area (Å²) in [6.45, 7) is 4.20. The number of nitrogen functional groups attached to an aromatic ring is 1. The van der Waals surface area contributed by atoms with E-state index in [0.29, 0.717) is 5.69 Å². The smallest absolute Gasteiger partial charge is 0.166 e. The van der Waals surface area contributed by atoms with Gasteiger partial charge in [0.2, 0.25) is 0 Å². The second kappa shape index (κ2) is 4.26. The van der Waals surface area contributed by atoms with Crippen LogP contribution in [0.4, 0.5) is 5.69 Å². The summed E-state index contributed by atoms with van der Waals surface area (Å²) >= 11 is 1.68. The van der Waals surface area contributed by atoms with E-state index in [-0.39, 0.29) is 0 Å². The van der Waals surface area contributed by atoms with Crippen LogP contribution in [-0.4, -0.2) is 19.7 Å². The molecule has 0 fully saturated rings. The van der Waals surface area contributed by atoms with Gasteiger partial charge in [-0.1, -0.05) is 0 Å². The Morgan fingerprint density at radius 1 is 1.19 bits per heavy atom. The standard InChI is InChI=1S/C15H13N5S/c1-8-9(2)21-15-13(8)14(17-7-18-15)20-12-5-11(16)4-3-10(12)6-19-20/h3-7H,16H2,1-2H3. The van der Waals surface area contributed by atoms with Gasteiger partial charge in [-0.05, 0) is 37.6 Å². The summed E-state index contributed by atoms with van der Waals surface area (Å²) in [5.41, 5.74) is 8.78. The van der Waals surface area contributed by atoms with Crippen LogP contribution in [0.5, 0.6) is 0 Å². The molecule has 6 heteroatoms. The van der Waals surface area contributed by atoms with Crippen molar-refractivity contribution in [2.24, 2.45) is 0 Å². The predicted octanol–water partition coefficient (Wildman–Crippen LogP) is 3.23. The maximum absolute atomic E-state index is 5.90. The average molecular weight is 295 g/mol. The average Bonchev–Trinajstić information content (AvgIpc) is 3.00. The summed E-state index contributed by atoms with van der Waals surface area (Å²) in [7, 11) is 0. The third-order valence-corrected chi connectivity index (χ3v) is 4.86. The molecule has 0 unspecified atom stereocenters. The third kappa shape index (κ3) is 1.72. The highest BCUT2D eigenvalue weighted by atomic mass is 32.1. The van der Waals surface area contributed by atoms with Gasteiger partial charge in [0.1, 0.15) is 11.2 Å². The highest BCUT2D eigenvalue weighted by Gasteiger charge is 2.15. The largest absolute Gasteiger partial charge is 0.399 e. The van der Waals surface area contributed by atoms with E-state index in [1.54, 1.807) is 17.7 Å². The minimum atomic E-state index is 0.716. The molecule has 0 amide bonds. The molecule has 104 valence electrons. The van der Waals surface area contributed by atoms with Gasteiger partial charge >= 0.3 is 0 Å². The van der Waals surface area contributed by atoms with E-state index in [4.69, 9.17) is 5.73 Å². The number of anilines is 1. The zero-order valence-corrected chi connectivity index (χ0v) is 12.5. The second-order valence-electron chi connectivity index (χ2n) is 5.04. The van der Waals surface area contributed by atoms with E-state index < -0.39 is 0 Å². The summed E-state index contributed by atoms with van der Waals surface area (Å²) < 4.78 is 1.84. The van der Waals surface area contributed by atoms with E-state index in [0.717, 1.165) is 26.9 Å². The van der Waals surface area contributed by atoms with E-state index in [9.17, 15) is 0 Å². The number of aromatic nitrogens is 4. The monoisotopic (exact) mass is 295 g/mol. The van der Waals surface area contributed by atoms with Gasteiger partial charge in [-0.3, -0.25) is 0 Å². The summed E-state index contributed by atoms with van der Waals surface area (Å²) in [5.74, 6) is 0.808. The molecule has 0 aliphatic rings. The lowest BCUT2D eigenvalue weighted by Crippen LogP contribution is -2.01. The molecule has 5 nitrogen and oxygen atoms in total. The maximum atomic E-state index is 5.90. The molecule has 2 N–H and O–H groups in total. The second-order valence-corrected chi connectivity index (χ2v) is 6.24. The molecule has 1 aromatic carbocycles. The zero-order chi connectivity index (χ0) is 14.6. The van der Waals surface area contributed by atoms with Crippen molar-refractivity contribution >= 4 is 38.1 Å². The molecule has 4 aromatic rings. The van der Waals surface area contributed by atoms with Crippen molar-refractivity contribution in [3.05, 3.63) is 41.2 Å². The third-order valence-electron chi connectivity index (χ3n) is 3.74. The lowest BCUT2D eigenvalue weighted by molar-refractivity contribution is 0.878. The SMILES string of the molecule is Cc1sc2ncnc(-n3ncc4ccc(N)cc43)c2c1C. The molecule has 0 atom stereocenters. The Hall–Kier alpha value is -2.47. The molecule has 21 heavy (non-hydrogen) atoms. The number of benzene rings is 1. The molecule has 4 rings (SSSR count). The predicted molar refractivity (Wildman–Crippen MR) is 85.9 cm³/mol. The molecule has 0 radical (unpaired) electrons. The van der Waals surface area contributed by atoms with Crippen LogP contribution in [0.15, 0.2) is 30.7 Å². The Morgan fingerprint density at radius 2 is 2.05 bits per heavy atom. The lowest BCUT2D eigenvalue weighted by Gasteiger charge is -2.05. The maximum Gasteiger partial charge on any atom is 0.166 e. The Bertz CT molecular complexity index is 982. The molecule has 0 aliphatic heterocycles. The number of hydrogen-bond acceptors (Lipinski definition) is 5. The fourth-order valence-corrected chi connectivity index (χ4v) is 3.52. The van der Waals surface area contributed by atoms with Gasteiger partial charge in [0.15, 0.2) is 5.82 Å². The van der Waals surface area contributed by atoms with Crippen LogP contribution in [0.2, 0.25) is 0 Å². The first-order valence-corrected chi connectivity index (χ1v) is 7.41. The van der Waals surface area contributed by atoms with Crippen LogP contribution in [0, 0.1) is 13.8 Å². The number of fused-ring (bicyclic) bond motifs is 2. The Labute approximate surface area is 125 Å². The number of thiophene rings is 1. The van der Waals surface area contributed by atoms with E-state index in [2.05, 4.69) is 28.9 Å². The van der Waals surface area contributed by atoms with E-state index in [1.165, 1.54) is 10.4 Å². The normalized spacial score (nSPS) is 11.5. The Kier molecular flexibility index (Phi) is 2.49. The summed E-state index contributed by atoms with van der Waals surface area (Å²) in [5, 5.41) is 6.59. The number of rotatable bonds is 1. The van der Waals surface area contributed by atoms with Crippen molar-refractivity contribution in [3.63, 3.8) is 0 Å². The fourth-order valence-electron chi connectivity index (χ4n) is 2.53. The van der Waals surface area contributed by atoms with Crippen LogP contribution >= 0.6 is 11.3 Å². The van der Waals surface area contributed by atoms with Gasteiger partial charge in [0.25, 0.3) is 0 Å². The highest BCUT2D eigenvalue weighted by molar-refractivity contribution is 7.18. The number of nitrogens with two attached hydrogens (primary N) is 1.